The van der Waals surface area contributed by atoms with Crippen LogP contribution in [0.5, 0.6) is 0 Å². The first-order valence-corrected chi connectivity index (χ1v) is 7.34. The zero-order valence-electron chi connectivity index (χ0n) is 11.5. The number of fused-ring (bicyclic) bond motifs is 1. The van der Waals surface area contributed by atoms with E-state index in [1.54, 1.807) is 11.3 Å². The third-order valence-corrected chi connectivity index (χ3v) is 3.99. The summed E-state index contributed by atoms with van der Waals surface area (Å²) in [5.41, 5.74) is 2.86. The molecule has 106 valence electrons. The molecule has 4 nitrogen and oxygen atoms in total. The zero-order chi connectivity index (χ0) is 14.7. The average molecular weight is 298 g/mol. The number of thiazole rings is 1. The Kier molecular flexibility index (Phi) is 3.83. The lowest BCUT2D eigenvalue weighted by atomic mass is 10.1. The average Bonchev–Trinajstić information content (AvgIpc) is 2.89. The minimum atomic E-state index is -0.235. The van der Waals surface area contributed by atoms with Gasteiger partial charge < -0.3 is 10.1 Å². The first kappa shape index (κ1) is 13.6. The van der Waals surface area contributed by atoms with Gasteiger partial charge in [-0.1, -0.05) is 35.6 Å². The lowest BCUT2D eigenvalue weighted by Gasteiger charge is -1.99. The lowest BCUT2D eigenvalue weighted by molar-refractivity contribution is -0.139. The van der Waals surface area contributed by atoms with Gasteiger partial charge in [0.1, 0.15) is 0 Å². The van der Waals surface area contributed by atoms with E-state index in [1.807, 2.05) is 48.5 Å². The number of carbonyl (C=O) groups is 1. The molecule has 0 atom stereocenters. The molecule has 2 aromatic carbocycles. The van der Waals surface area contributed by atoms with Crippen molar-refractivity contribution in [3.63, 3.8) is 0 Å². The van der Waals surface area contributed by atoms with Gasteiger partial charge in [0.2, 0.25) is 0 Å². The van der Waals surface area contributed by atoms with Gasteiger partial charge in [-0.3, -0.25) is 4.79 Å². The van der Waals surface area contributed by atoms with E-state index >= 15 is 0 Å². The van der Waals surface area contributed by atoms with E-state index in [0.717, 1.165) is 26.6 Å². The van der Waals surface area contributed by atoms with E-state index in [0.29, 0.717) is 0 Å². The Morgan fingerprint density at radius 1 is 1.24 bits per heavy atom. The van der Waals surface area contributed by atoms with Crippen molar-refractivity contribution in [3.05, 3.63) is 54.1 Å². The summed E-state index contributed by atoms with van der Waals surface area (Å²) in [5, 5.41) is 4.12. The topological polar surface area (TPSA) is 51.2 Å². The number of hydrogen-bond acceptors (Lipinski definition) is 5. The van der Waals surface area contributed by atoms with Crippen molar-refractivity contribution >= 4 is 38.3 Å². The molecular weight excluding hydrogens is 284 g/mol. The molecular formula is C16H14N2O2S. The van der Waals surface area contributed by atoms with E-state index in [2.05, 4.69) is 15.0 Å². The van der Waals surface area contributed by atoms with Crippen molar-refractivity contribution in [2.45, 2.75) is 6.42 Å². The summed E-state index contributed by atoms with van der Waals surface area (Å²) in [6, 6.07) is 15.7. The van der Waals surface area contributed by atoms with Gasteiger partial charge in [0.25, 0.3) is 0 Å². The maximum atomic E-state index is 11.3. The lowest BCUT2D eigenvalue weighted by Crippen LogP contribution is -2.03. The van der Waals surface area contributed by atoms with Crippen molar-refractivity contribution in [1.82, 2.24) is 4.98 Å². The van der Waals surface area contributed by atoms with E-state index in [4.69, 9.17) is 0 Å². The van der Waals surface area contributed by atoms with Gasteiger partial charge in [-0.15, -0.1) is 0 Å². The predicted molar refractivity (Wildman–Crippen MR) is 85.1 cm³/mol. The van der Waals surface area contributed by atoms with Crippen LogP contribution in [0.3, 0.4) is 0 Å². The van der Waals surface area contributed by atoms with Gasteiger partial charge in [0, 0.05) is 5.69 Å². The normalized spacial score (nSPS) is 10.5. The molecule has 0 unspecified atom stereocenters. The second kappa shape index (κ2) is 5.93. The van der Waals surface area contributed by atoms with Crippen LogP contribution in [0.4, 0.5) is 10.8 Å². The second-order valence-electron chi connectivity index (χ2n) is 4.57. The minimum Gasteiger partial charge on any atom is -0.469 e. The molecule has 1 heterocycles. The molecule has 21 heavy (non-hydrogen) atoms. The molecule has 0 saturated heterocycles. The van der Waals surface area contributed by atoms with Crippen LogP contribution in [0.2, 0.25) is 0 Å². The molecule has 0 aliphatic rings. The molecule has 0 spiro atoms. The number of para-hydroxylation sites is 1. The summed E-state index contributed by atoms with van der Waals surface area (Å²) in [7, 11) is 1.40. The number of methoxy groups -OCH3 is 1. The molecule has 0 aliphatic carbocycles. The van der Waals surface area contributed by atoms with Crippen LogP contribution in [0, 0.1) is 0 Å². The van der Waals surface area contributed by atoms with Crippen LogP contribution in [0.1, 0.15) is 5.56 Å². The molecule has 0 bridgehead atoms. The second-order valence-corrected chi connectivity index (χ2v) is 5.60. The first-order valence-electron chi connectivity index (χ1n) is 6.53. The number of hydrogen-bond donors (Lipinski definition) is 1. The van der Waals surface area contributed by atoms with Gasteiger partial charge in [0.05, 0.1) is 23.7 Å². The van der Waals surface area contributed by atoms with Gasteiger partial charge in [0.15, 0.2) is 5.13 Å². The minimum absolute atomic E-state index is 0.235. The molecule has 0 fully saturated rings. The molecule has 0 radical (unpaired) electrons. The van der Waals surface area contributed by atoms with E-state index in [-0.39, 0.29) is 12.4 Å². The van der Waals surface area contributed by atoms with Gasteiger partial charge >= 0.3 is 5.97 Å². The highest BCUT2D eigenvalue weighted by atomic mass is 32.1. The van der Waals surface area contributed by atoms with Crippen molar-refractivity contribution in [3.8, 4) is 0 Å². The fraction of sp³-hybridized carbons (Fsp3) is 0.125. The fourth-order valence-corrected chi connectivity index (χ4v) is 2.97. The molecule has 3 rings (SSSR count). The van der Waals surface area contributed by atoms with E-state index in [1.165, 1.54) is 7.11 Å². The number of carbonyl (C=O) groups excluding carboxylic acids is 1. The number of anilines is 2. The maximum absolute atomic E-state index is 11.3. The standard InChI is InChI=1S/C16H14N2O2S/c1-20-15(19)10-11-7-8-13-14(9-11)21-16(18-13)17-12-5-3-2-4-6-12/h2-9H,10H2,1H3,(H,17,18). The fourth-order valence-electron chi connectivity index (χ4n) is 2.02. The van der Waals surface area contributed by atoms with E-state index < -0.39 is 0 Å². The first-order chi connectivity index (χ1) is 10.2. The number of benzene rings is 2. The summed E-state index contributed by atoms with van der Waals surface area (Å²) in [6.07, 6.45) is 0.284. The van der Waals surface area contributed by atoms with Crippen LogP contribution in [-0.2, 0) is 16.0 Å². The van der Waals surface area contributed by atoms with Crippen LogP contribution in [0.15, 0.2) is 48.5 Å². The highest BCUT2D eigenvalue weighted by Gasteiger charge is 2.07. The van der Waals surface area contributed by atoms with Crippen molar-refractivity contribution < 1.29 is 9.53 Å². The summed E-state index contributed by atoms with van der Waals surface area (Å²) >= 11 is 1.57. The van der Waals surface area contributed by atoms with E-state index in [9.17, 15) is 4.79 Å². The van der Waals surface area contributed by atoms with Gasteiger partial charge in [-0.25, -0.2) is 4.98 Å². The number of rotatable bonds is 4. The number of aromatic nitrogens is 1. The third-order valence-electron chi connectivity index (χ3n) is 3.05. The highest BCUT2D eigenvalue weighted by Crippen LogP contribution is 2.29. The number of nitrogens with zero attached hydrogens (tertiary/aromatic N) is 1. The van der Waals surface area contributed by atoms with Crippen LogP contribution >= 0.6 is 11.3 Å². The summed E-state index contributed by atoms with van der Waals surface area (Å²) < 4.78 is 5.74. The highest BCUT2D eigenvalue weighted by molar-refractivity contribution is 7.22. The Bertz CT molecular complexity index is 768. The third kappa shape index (κ3) is 3.20. The van der Waals surface area contributed by atoms with Gasteiger partial charge in [-0.2, -0.15) is 0 Å². The van der Waals surface area contributed by atoms with Crippen LogP contribution in [0.25, 0.3) is 10.2 Å². The Balaban J connectivity index is 1.84. The number of esters is 1. The SMILES string of the molecule is COC(=O)Cc1ccc2nc(Nc3ccccc3)sc2c1. The van der Waals surface area contributed by atoms with Gasteiger partial charge in [-0.05, 0) is 29.8 Å². The Labute approximate surface area is 126 Å². The maximum Gasteiger partial charge on any atom is 0.309 e. The Morgan fingerprint density at radius 3 is 2.81 bits per heavy atom. The van der Waals surface area contributed by atoms with Crippen LogP contribution in [-0.4, -0.2) is 18.1 Å². The van der Waals surface area contributed by atoms with Crippen molar-refractivity contribution in [2.75, 3.05) is 12.4 Å². The molecule has 3 aromatic rings. The number of ether oxygens (including phenoxy) is 1. The Morgan fingerprint density at radius 2 is 2.05 bits per heavy atom. The van der Waals surface area contributed by atoms with Crippen molar-refractivity contribution in [1.29, 1.82) is 0 Å². The zero-order valence-corrected chi connectivity index (χ0v) is 12.3. The predicted octanol–water partition coefficient (Wildman–Crippen LogP) is 3.76. The summed E-state index contributed by atoms with van der Waals surface area (Å²) in [6.45, 7) is 0. The molecule has 0 saturated carbocycles. The molecule has 5 heteroatoms. The monoisotopic (exact) mass is 298 g/mol. The number of nitrogens with one attached hydrogen (secondary N) is 1. The quantitative estimate of drug-likeness (QED) is 0.745. The summed E-state index contributed by atoms with van der Waals surface area (Å²) in [5.74, 6) is -0.235. The molecule has 0 amide bonds. The molecule has 1 N–H and O–H groups in total. The summed E-state index contributed by atoms with van der Waals surface area (Å²) in [4.78, 5) is 15.9. The van der Waals surface area contributed by atoms with Crippen molar-refractivity contribution in [2.24, 2.45) is 0 Å². The van der Waals surface area contributed by atoms with Crippen LogP contribution < -0.4 is 5.32 Å². The molecule has 1 aromatic heterocycles. The molecule has 0 aliphatic heterocycles. The largest absolute Gasteiger partial charge is 0.469 e. The smallest absolute Gasteiger partial charge is 0.309 e. The Hall–Kier alpha value is -2.40.